The van der Waals surface area contributed by atoms with E-state index in [-0.39, 0.29) is 12.0 Å². The fraction of sp³-hybridized carbons (Fsp3) is 0.615. The second kappa shape index (κ2) is 5.23. The van der Waals surface area contributed by atoms with Crippen LogP contribution in [0.15, 0.2) is 6.07 Å². The van der Waals surface area contributed by atoms with Crippen molar-refractivity contribution in [3.8, 4) is 0 Å². The number of aryl methyl sites for hydroxylation is 1. The van der Waals surface area contributed by atoms with E-state index in [0.717, 1.165) is 17.1 Å². The van der Waals surface area contributed by atoms with Gasteiger partial charge in [-0.15, -0.1) is 11.3 Å². The van der Waals surface area contributed by atoms with E-state index in [0.29, 0.717) is 25.9 Å². The Kier molecular flexibility index (Phi) is 3.63. The lowest BCUT2D eigenvalue weighted by Crippen LogP contribution is -2.39. The Labute approximate surface area is 115 Å². The van der Waals surface area contributed by atoms with E-state index in [2.05, 4.69) is 6.07 Å². The zero-order valence-electron chi connectivity index (χ0n) is 10.2. The molecule has 1 fully saturated rings. The summed E-state index contributed by atoms with van der Waals surface area (Å²) >= 11 is 3.62. The van der Waals surface area contributed by atoms with Crippen molar-refractivity contribution < 1.29 is 9.90 Å². The average Bonchev–Trinajstić information content (AvgIpc) is 2.82. The molecule has 5 heteroatoms. The number of piperidine rings is 1. The largest absolute Gasteiger partial charge is 0.393 e. The maximum atomic E-state index is 12.4. The fourth-order valence-electron chi connectivity index (χ4n) is 2.48. The summed E-state index contributed by atoms with van der Waals surface area (Å²) in [6.07, 6.45) is 2.32. The lowest BCUT2D eigenvalue weighted by Gasteiger charge is -2.29. The second-order valence-corrected chi connectivity index (χ2v) is 7.13. The first-order valence-electron chi connectivity index (χ1n) is 6.40. The van der Waals surface area contributed by atoms with Crippen LogP contribution < -0.4 is 0 Å². The van der Waals surface area contributed by atoms with Crippen LogP contribution in [-0.2, 0) is 12.2 Å². The monoisotopic (exact) mass is 283 g/mol. The summed E-state index contributed by atoms with van der Waals surface area (Å²) < 4.78 is 0. The molecule has 2 aliphatic rings. The first-order valence-corrected chi connectivity index (χ1v) is 8.38. The number of aliphatic hydroxyl groups excluding tert-OH is 1. The van der Waals surface area contributed by atoms with Crippen LogP contribution in [-0.4, -0.2) is 40.9 Å². The van der Waals surface area contributed by atoms with Crippen LogP contribution in [0.5, 0.6) is 0 Å². The molecule has 1 amide bonds. The van der Waals surface area contributed by atoms with E-state index >= 15 is 0 Å². The maximum Gasteiger partial charge on any atom is 0.263 e. The van der Waals surface area contributed by atoms with Gasteiger partial charge in [0.15, 0.2) is 0 Å². The number of aliphatic hydroxyl groups is 1. The highest BCUT2D eigenvalue weighted by molar-refractivity contribution is 7.98. The number of hydrogen-bond donors (Lipinski definition) is 1. The number of carbonyl (C=O) groups excluding carboxylic acids is 1. The Balaban J connectivity index is 1.74. The summed E-state index contributed by atoms with van der Waals surface area (Å²) in [7, 11) is 0. The number of hydrogen-bond acceptors (Lipinski definition) is 4. The van der Waals surface area contributed by atoms with Crippen molar-refractivity contribution in [3.05, 3.63) is 21.4 Å². The molecular formula is C13H17NO2S2. The van der Waals surface area contributed by atoms with E-state index < -0.39 is 0 Å². The third-order valence-electron chi connectivity index (χ3n) is 3.59. The number of thiophene rings is 1. The number of thioether (sulfide) groups is 1. The molecule has 18 heavy (non-hydrogen) atoms. The molecule has 0 spiro atoms. The van der Waals surface area contributed by atoms with Gasteiger partial charge in [-0.05, 0) is 36.6 Å². The number of fused-ring (bicyclic) bond motifs is 1. The summed E-state index contributed by atoms with van der Waals surface area (Å²) in [5.41, 5.74) is 1.36. The zero-order valence-corrected chi connectivity index (χ0v) is 11.9. The van der Waals surface area contributed by atoms with Gasteiger partial charge in [0.1, 0.15) is 0 Å². The van der Waals surface area contributed by atoms with E-state index in [4.69, 9.17) is 0 Å². The van der Waals surface area contributed by atoms with Crippen LogP contribution in [0.1, 0.15) is 33.0 Å². The van der Waals surface area contributed by atoms with Crippen LogP contribution in [0.2, 0.25) is 0 Å². The first-order chi connectivity index (χ1) is 8.74. The minimum absolute atomic E-state index is 0.159. The molecule has 1 aromatic heterocycles. The van der Waals surface area contributed by atoms with Crippen LogP contribution >= 0.6 is 23.1 Å². The molecule has 0 atom stereocenters. The van der Waals surface area contributed by atoms with Crippen molar-refractivity contribution in [3.63, 3.8) is 0 Å². The fourth-order valence-corrected chi connectivity index (χ4v) is 4.82. The number of likely N-dealkylation sites (tertiary alicyclic amines) is 1. The lowest BCUT2D eigenvalue weighted by molar-refractivity contribution is 0.0550. The molecule has 1 saturated heterocycles. The molecule has 0 aliphatic carbocycles. The molecule has 1 aromatic rings. The van der Waals surface area contributed by atoms with Gasteiger partial charge < -0.3 is 10.0 Å². The van der Waals surface area contributed by atoms with Gasteiger partial charge in [0, 0.05) is 23.7 Å². The highest BCUT2D eigenvalue weighted by atomic mass is 32.2. The summed E-state index contributed by atoms with van der Waals surface area (Å²) in [6.45, 7) is 1.38. The third kappa shape index (κ3) is 2.44. The predicted octanol–water partition coefficient (Wildman–Crippen LogP) is 2.13. The number of nitrogens with zero attached hydrogens (tertiary/aromatic N) is 1. The lowest BCUT2D eigenvalue weighted by atomic mass is 10.1. The van der Waals surface area contributed by atoms with E-state index in [1.54, 1.807) is 11.3 Å². The van der Waals surface area contributed by atoms with E-state index in [1.165, 1.54) is 16.2 Å². The minimum Gasteiger partial charge on any atom is -0.393 e. The van der Waals surface area contributed by atoms with Gasteiger partial charge in [-0.25, -0.2) is 0 Å². The van der Waals surface area contributed by atoms with Crippen LogP contribution in [0.25, 0.3) is 0 Å². The van der Waals surface area contributed by atoms with Gasteiger partial charge >= 0.3 is 0 Å². The quantitative estimate of drug-likeness (QED) is 0.858. The zero-order chi connectivity index (χ0) is 12.5. The molecule has 98 valence electrons. The molecule has 1 N–H and O–H groups in total. The van der Waals surface area contributed by atoms with Gasteiger partial charge in [-0.2, -0.15) is 11.8 Å². The van der Waals surface area contributed by atoms with Gasteiger partial charge in [0.25, 0.3) is 5.91 Å². The van der Waals surface area contributed by atoms with Gasteiger partial charge in [0.05, 0.1) is 11.0 Å². The maximum absolute atomic E-state index is 12.4. The summed E-state index contributed by atoms with van der Waals surface area (Å²) in [6, 6.07) is 2.08. The van der Waals surface area contributed by atoms with Crippen molar-refractivity contribution in [2.24, 2.45) is 0 Å². The highest BCUT2D eigenvalue weighted by Gasteiger charge is 2.25. The minimum atomic E-state index is -0.220. The Bertz CT molecular complexity index is 426. The molecule has 2 aliphatic heterocycles. The Morgan fingerprint density at radius 3 is 2.89 bits per heavy atom. The molecule has 0 radical (unpaired) electrons. The van der Waals surface area contributed by atoms with Crippen molar-refractivity contribution in [1.82, 2.24) is 4.90 Å². The molecule has 3 nitrogen and oxygen atoms in total. The van der Waals surface area contributed by atoms with Crippen LogP contribution in [0.3, 0.4) is 0 Å². The topological polar surface area (TPSA) is 40.5 Å². The predicted molar refractivity (Wildman–Crippen MR) is 75.3 cm³/mol. The Morgan fingerprint density at radius 2 is 2.17 bits per heavy atom. The van der Waals surface area contributed by atoms with Crippen molar-refractivity contribution in [2.45, 2.75) is 31.1 Å². The smallest absolute Gasteiger partial charge is 0.263 e. The molecule has 0 saturated carbocycles. The van der Waals surface area contributed by atoms with Crippen molar-refractivity contribution in [1.29, 1.82) is 0 Å². The van der Waals surface area contributed by atoms with Gasteiger partial charge in [-0.1, -0.05) is 0 Å². The average molecular weight is 283 g/mol. The Hall–Kier alpha value is -0.520. The number of carbonyl (C=O) groups is 1. The summed E-state index contributed by atoms with van der Waals surface area (Å²) in [4.78, 5) is 16.5. The molecule has 0 aromatic carbocycles. The molecule has 3 rings (SSSR count). The summed E-state index contributed by atoms with van der Waals surface area (Å²) in [5.74, 6) is 2.39. The SMILES string of the molecule is O=C(c1cc2c(s1)CCSC2)N1CCC(O)CC1. The number of rotatable bonds is 1. The number of amides is 1. The van der Waals surface area contributed by atoms with E-state index in [9.17, 15) is 9.90 Å². The standard InChI is InChI=1S/C13H17NO2S2/c15-10-1-4-14(5-2-10)13(16)12-7-9-8-17-6-3-11(9)18-12/h7,10,15H,1-6,8H2. The highest BCUT2D eigenvalue weighted by Crippen LogP contribution is 2.32. The molecule has 0 bridgehead atoms. The normalized spacial score (nSPS) is 20.8. The third-order valence-corrected chi connectivity index (χ3v) is 5.82. The van der Waals surface area contributed by atoms with Crippen molar-refractivity contribution in [2.75, 3.05) is 18.8 Å². The van der Waals surface area contributed by atoms with Crippen LogP contribution in [0, 0.1) is 0 Å². The second-order valence-electron chi connectivity index (χ2n) is 4.89. The van der Waals surface area contributed by atoms with E-state index in [1.807, 2.05) is 16.7 Å². The van der Waals surface area contributed by atoms with Crippen molar-refractivity contribution >= 4 is 29.0 Å². The van der Waals surface area contributed by atoms with Crippen LogP contribution in [0.4, 0.5) is 0 Å². The summed E-state index contributed by atoms with van der Waals surface area (Å²) in [5, 5.41) is 9.47. The van der Waals surface area contributed by atoms with Gasteiger partial charge in [-0.3, -0.25) is 4.79 Å². The Morgan fingerprint density at radius 1 is 1.39 bits per heavy atom. The first kappa shape index (κ1) is 12.5. The van der Waals surface area contributed by atoms with Gasteiger partial charge in [0.2, 0.25) is 0 Å². The molecular weight excluding hydrogens is 266 g/mol. The molecule has 3 heterocycles. The molecule has 0 unspecified atom stereocenters.